The van der Waals surface area contributed by atoms with Crippen molar-refractivity contribution in [3.8, 4) is 22.5 Å². The van der Waals surface area contributed by atoms with Crippen LogP contribution >= 0.6 is 11.6 Å². The Kier molecular flexibility index (Phi) is 7.87. The van der Waals surface area contributed by atoms with Gasteiger partial charge in [0.2, 0.25) is 0 Å². The summed E-state index contributed by atoms with van der Waals surface area (Å²) in [5.74, 6) is -3.82. The minimum Gasteiger partial charge on any atom is -0.480 e. The SMILES string of the molecule is O=C(O)C(F)(F)F.O=C(O)Cn1cnc(-c2ccc(Cl)cc2)c1-c1ccnc(C(F)F)c1. The number of carboxylic acids is 2. The highest BCUT2D eigenvalue weighted by Crippen LogP contribution is 2.33. The molecule has 2 heterocycles. The van der Waals surface area contributed by atoms with Gasteiger partial charge in [0, 0.05) is 22.3 Å². The van der Waals surface area contributed by atoms with Gasteiger partial charge in [-0.1, -0.05) is 23.7 Å². The zero-order valence-corrected chi connectivity index (χ0v) is 16.5. The fourth-order valence-electron chi connectivity index (χ4n) is 2.48. The molecule has 0 bridgehead atoms. The third-order valence-corrected chi connectivity index (χ3v) is 4.03. The molecule has 0 radical (unpaired) electrons. The maximum Gasteiger partial charge on any atom is 0.490 e. The van der Waals surface area contributed by atoms with Crippen LogP contribution in [0.2, 0.25) is 5.02 Å². The van der Waals surface area contributed by atoms with Crippen LogP contribution in [0.5, 0.6) is 0 Å². The van der Waals surface area contributed by atoms with Gasteiger partial charge in [0.05, 0.1) is 17.7 Å². The number of hydrogen-bond acceptors (Lipinski definition) is 4. The first-order chi connectivity index (χ1) is 14.9. The molecule has 3 rings (SSSR count). The van der Waals surface area contributed by atoms with Gasteiger partial charge in [0.1, 0.15) is 12.2 Å². The summed E-state index contributed by atoms with van der Waals surface area (Å²) in [7, 11) is 0. The second-order valence-electron chi connectivity index (χ2n) is 6.04. The Hall–Kier alpha value is -3.54. The molecule has 13 heteroatoms. The second kappa shape index (κ2) is 10.2. The molecule has 0 aliphatic rings. The molecule has 0 aliphatic heterocycles. The zero-order chi connectivity index (χ0) is 24.1. The standard InChI is InChI=1S/C17H12ClF2N3O2.C2HF3O2/c18-12-3-1-10(2-4-12)15-16(23(9-22-15)8-14(24)25)11-5-6-21-13(7-11)17(19)20;3-2(4,5)1(6)7/h1-7,9,17H,8H2,(H,24,25);(H,6,7). The molecule has 2 N–H and O–H groups in total. The molecule has 7 nitrogen and oxygen atoms in total. The van der Waals surface area contributed by atoms with Gasteiger partial charge >= 0.3 is 18.1 Å². The van der Waals surface area contributed by atoms with E-state index < -0.39 is 24.5 Å². The highest BCUT2D eigenvalue weighted by atomic mass is 35.5. The Morgan fingerprint density at radius 3 is 2.12 bits per heavy atom. The van der Waals surface area contributed by atoms with Crippen LogP contribution in [0.1, 0.15) is 12.1 Å². The van der Waals surface area contributed by atoms with Crippen molar-refractivity contribution < 1.29 is 41.8 Å². The normalized spacial score (nSPS) is 11.1. The molecular formula is C19H13ClF5N3O4. The summed E-state index contributed by atoms with van der Waals surface area (Å²) in [5.41, 5.74) is 1.62. The molecule has 0 spiro atoms. The molecule has 3 aromatic rings. The number of halogens is 6. The van der Waals surface area contributed by atoms with E-state index in [2.05, 4.69) is 9.97 Å². The lowest BCUT2D eigenvalue weighted by Crippen LogP contribution is -2.21. The second-order valence-corrected chi connectivity index (χ2v) is 6.48. The number of hydrogen-bond donors (Lipinski definition) is 2. The Labute approximate surface area is 181 Å². The van der Waals surface area contributed by atoms with Crippen LogP contribution in [-0.2, 0) is 16.1 Å². The smallest absolute Gasteiger partial charge is 0.480 e. The van der Waals surface area contributed by atoms with Crippen molar-refractivity contribution in [2.45, 2.75) is 19.1 Å². The topological polar surface area (TPSA) is 105 Å². The van der Waals surface area contributed by atoms with Crippen LogP contribution in [0.25, 0.3) is 22.5 Å². The first kappa shape index (κ1) is 24.7. The van der Waals surface area contributed by atoms with E-state index in [0.717, 1.165) is 0 Å². The summed E-state index contributed by atoms with van der Waals surface area (Å²) in [6.07, 6.45) is -5.18. The van der Waals surface area contributed by atoms with Crippen LogP contribution in [-0.4, -0.2) is 42.9 Å². The van der Waals surface area contributed by atoms with Gasteiger partial charge in [0.25, 0.3) is 6.43 Å². The molecule has 0 unspecified atom stereocenters. The molecule has 1 aromatic carbocycles. The van der Waals surface area contributed by atoms with Gasteiger partial charge in [0.15, 0.2) is 0 Å². The first-order valence-electron chi connectivity index (χ1n) is 8.47. The van der Waals surface area contributed by atoms with E-state index in [9.17, 15) is 26.7 Å². The Morgan fingerprint density at radius 2 is 1.62 bits per heavy atom. The average Bonchev–Trinajstić information content (AvgIpc) is 3.11. The number of aliphatic carboxylic acids is 2. The predicted molar refractivity (Wildman–Crippen MR) is 102 cm³/mol. The highest BCUT2D eigenvalue weighted by Gasteiger charge is 2.38. The molecule has 0 aliphatic carbocycles. The van der Waals surface area contributed by atoms with Gasteiger partial charge < -0.3 is 14.8 Å². The first-order valence-corrected chi connectivity index (χ1v) is 8.85. The maximum atomic E-state index is 13.0. The van der Waals surface area contributed by atoms with E-state index in [0.29, 0.717) is 27.5 Å². The van der Waals surface area contributed by atoms with E-state index >= 15 is 0 Å². The zero-order valence-electron chi connectivity index (χ0n) is 15.7. The van der Waals surface area contributed by atoms with Crippen LogP contribution in [0, 0.1) is 0 Å². The van der Waals surface area contributed by atoms with Crippen molar-refractivity contribution in [3.05, 3.63) is 59.6 Å². The molecule has 170 valence electrons. The van der Waals surface area contributed by atoms with E-state index in [1.165, 1.54) is 23.2 Å². The minimum absolute atomic E-state index is 0.345. The van der Waals surface area contributed by atoms with Crippen molar-refractivity contribution in [2.75, 3.05) is 0 Å². The van der Waals surface area contributed by atoms with E-state index in [1.54, 1.807) is 30.3 Å². The van der Waals surface area contributed by atoms with Gasteiger partial charge in [-0.15, -0.1) is 0 Å². The van der Waals surface area contributed by atoms with E-state index in [-0.39, 0.29) is 12.2 Å². The number of carbonyl (C=O) groups is 2. The van der Waals surface area contributed by atoms with Gasteiger partial charge in [-0.2, -0.15) is 13.2 Å². The average molecular weight is 478 g/mol. The molecule has 0 saturated heterocycles. The number of alkyl halides is 5. The summed E-state index contributed by atoms with van der Waals surface area (Å²) < 4.78 is 59.1. The number of pyridine rings is 1. The van der Waals surface area contributed by atoms with Gasteiger partial charge in [-0.25, -0.2) is 18.6 Å². The quantitative estimate of drug-likeness (QED) is 0.505. The number of benzene rings is 1. The van der Waals surface area contributed by atoms with Crippen molar-refractivity contribution in [2.24, 2.45) is 0 Å². The molecule has 2 aromatic heterocycles. The largest absolute Gasteiger partial charge is 0.490 e. The van der Waals surface area contributed by atoms with E-state index in [4.69, 9.17) is 26.6 Å². The fourth-order valence-corrected chi connectivity index (χ4v) is 2.61. The fraction of sp³-hybridized carbons (Fsp3) is 0.158. The van der Waals surface area contributed by atoms with Gasteiger partial charge in [-0.3, -0.25) is 9.78 Å². The maximum absolute atomic E-state index is 13.0. The third kappa shape index (κ3) is 6.48. The predicted octanol–water partition coefficient (Wildman–Crippen LogP) is 4.92. The Morgan fingerprint density at radius 1 is 1.03 bits per heavy atom. The summed E-state index contributed by atoms with van der Waals surface area (Å²) >= 11 is 5.89. The molecule has 0 amide bonds. The number of rotatable bonds is 5. The lowest BCUT2D eigenvalue weighted by Gasteiger charge is -2.10. The van der Waals surface area contributed by atoms with Crippen molar-refractivity contribution in [3.63, 3.8) is 0 Å². The number of carboxylic acid groups (broad SMARTS) is 2. The monoisotopic (exact) mass is 477 g/mol. The molecule has 32 heavy (non-hydrogen) atoms. The van der Waals surface area contributed by atoms with Crippen molar-refractivity contribution in [1.82, 2.24) is 14.5 Å². The Balaban J connectivity index is 0.000000451. The number of nitrogens with zero attached hydrogens (tertiary/aromatic N) is 3. The molecule has 0 atom stereocenters. The van der Waals surface area contributed by atoms with Crippen LogP contribution in [0.15, 0.2) is 48.9 Å². The summed E-state index contributed by atoms with van der Waals surface area (Å²) in [4.78, 5) is 27.9. The summed E-state index contributed by atoms with van der Waals surface area (Å²) in [5, 5.41) is 16.8. The third-order valence-electron chi connectivity index (χ3n) is 3.78. The van der Waals surface area contributed by atoms with Crippen LogP contribution in [0.3, 0.4) is 0 Å². The molecule has 0 saturated carbocycles. The lowest BCUT2D eigenvalue weighted by molar-refractivity contribution is -0.192. The Bertz CT molecular complexity index is 1100. The van der Waals surface area contributed by atoms with E-state index in [1.807, 2.05) is 0 Å². The van der Waals surface area contributed by atoms with Crippen LogP contribution < -0.4 is 0 Å². The summed E-state index contributed by atoms with van der Waals surface area (Å²) in [6, 6.07) is 9.59. The number of imidazole rings is 1. The molecular weight excluding hydrogens is 465 g/mol. The molecule has 0 fully saturated rings. The van der Waals surface area contributed by atoms with Gasteiger partial charge in [-0.05, 0) is 24.3 Å². The van der Waals surface area contributed by atoms with Crippen molar-refractivity contribution >= 4 is 23.5 Å². The van der Waals surface area contributed by atoms with Crippen LogP contribution in [0.4, 0.5) is 22.0 Å². The number of aromatic nitrogens is 3. The summed E-state index contributed by atoms with van der Waals surface area (Å²) in [6.45, 7) is -0.345. The minimum atomic E-state index is -5.08. The lowest BCUT2D eigenvalue weighted by atomic mass is 10.0. The van der Waals surface area contributed by atoms with Crippen molar-refractivity contribution in [1.29, 1.82) is 0 Å². The highest BCUT2D eigenvalue weighted by molar-refractivity contribution is 6.30.